The molecular formula is C25H25ClN2O5S2. The lowest BCUT2D eigenvalue weighted by molar-refractivity contribution is 0.0947. The minimum absolute atomic E-state index is 0.103. The third-order valence-corrected chi connectivity index (χ3v) is 7.46. The van der Waals surface area contributed by atoms with E-state index in [9.17, 15) is 13.2 Å². The number of hydrogen-bond acceptors (Lipinski definition) is 7. The van der Waals surface area contributed by atoms with Crippen molar-refractivity contribution in [3.63, 3.8) is 0 Å². The van der Waals surface area contributed by atoms with Gasteiger partial charge >= 0.3 is 0 Å². The third kappa shape index (κ3) is 7.30. The van der Waals surface area contributed by atoms with Crippen LogP contribution in [0.1, 0.15) is 35.0 Å². The van der Waals surface area contributed by atoms with Crippen LogP contribution in [0.25, 0.3) is 6.08 Å². The lowest BCUT2D eigenvalue weighted by Crippen LogP contribution is -2.31. The van der Waals surface area contributed by atoms with Crippen molar-refractivity contribution in [1.29, 1.82) is 0 Å². The molecule has 1 N–H and O–H groups in total. The van der Waals surface area contributed by atoms with Gasteiger partial charge in [-0.1, -0.05) is 35.1 Å². The first kappa shape index (κ1) is 25.2. The number of sulfone groups is 1. The van der Waals surface area contributed by atoms with Crippen molar-refractivity contribution in [1.82, 2.24) is 10.3 Å². The zero-order valence-electron chi connectivity index (χ0n) is 19.2. The number of nitrogens with one attached hydrogen (secondary N) is 1. The smallest absolute Gasteiger partial charge is 0.279 e. The van der Waals surface area contributed by atoms with E-state index in [4.69, 9.17) is 21.1 Å². The summed E-state index contributed by atoms with van der Waals surface area (Å²) in [5, 5.41) is 3.71. The second-order valence-corrected chi connectivity index (χ2v) is 11.8. The Bertz CT molecular complexity index is 1350. The average molecular weight is 533 g/mol. The number of carbonyl (C=O) groups excluding carboxylic acids is 1. The summed E-state index contributed by atoms with van der Waals surface area (Å²) in [7, 11) is -3.39. The van der Waals surface area contributed by atoms with Crippen molar-refractivity contribution in [3.05, 3.63) is 70.2 Å². The van der Waals surface area contributed by atoms with Gasteiger partial charge in [0.05, 0.1) is 21.4 Å². The summed E-state index contributed by atoms with van der Waals surface area (Å²) in [5.74, 6) is 1.51. The van der Waals surface area contributed by atoms with E-state index in [-0.39, 0.29) is 22.4 Å². The molecule has 1 saturated carbocycles. The van der Waals surface area contributed by atoms with Crippen molar-refractivity contribution in [2.24, 2.45) is 5.92 Å². The van der Waals surface area contributed by atoms with E-state index in [1.54, 1.807) is 30.5 Å². The summed E-state index contributed by atoms with van der Waals surface area (Å²) in [6.45, 7) is 2.53. The number of rotatable bonds is 10. The molecule has 1 heterocycles. The van der Waals surface area contributed by atoms with Crippen LogP contribution in [-0.4, -0.2) is 38.2 Å². The van der Waals surface area contributed by atoms with Crippen LogP contribution in [0.2, 0.25) is 5.02 Å². The molecule has 0 radical (unpaired) electrons. The highest BCUT2D eigenvalue weighted by atomic mass is 35.5. The minimum Gasteiger partial charge on any atom is -0.493 e. The molecular weight excluding hydrogens is 508 g/mol. The van der Waals surface area contributed by atoms with Gasteiger partial charge in [-0.3, -0.25) is 4.79 Å². The van der Waals surface area contributed by atoms with Crippen LogP contribution in [0.3, 0.4) is 0 Å². The predicted octanol–water partition coefficient (Wildman–Crippen LogP) is 5.61. The molecule has 1 aliphatic carbocycles. The van der Waals surface area contributed by atoms with Gasteiger partial charge in [0.15, 0.2) is 9.84 Å². The number of ether oxygens (including phenoxy) is 2. The lowest BCUT2D eigenvalue weighted by Gasteiger charge is -2.10. The number of halogens is 1. The van der Waals surface area contributed by atoms with Crippen molar-refractivity contribution < 1.29 is 22.7 Å². The first-order chi connectivity index (χ1) is 16.7. The SMILES string of the molecule is C[C@@H](C=Cc1cnc(Oc2ccc(OCC3CC3)cc2Cl)s1)NC(=O)c1cccc(S(C)(=O)=O)c1. The zero-order valence-corrected chi connectivity index (χ0v) is 21.6. The van der Waals surface area contributed by atoms with Gasteiger partial charge in [-0.15, -0.1) is 0 Å². The Morgan fingerprint density at radius 2 is 2.09 bits per heavy atom. The van der Waals surface area contributed by atoms with Crippen LogP contribution in [0.15, 0.2) is 59.6 Å². The molecule has 0 unspecified atom stereocenters. The number of nitrogens with zero attached hydrogens (tertiary/aromatic N) is 1. The van der Waals surface area contributed by atoms with E-state index in [0.29, 0.717) is 28.5 Å². The van der Waals surface area contributed by atoms with Gasteiger partial charge in [0.1, 0.15) is 11.5 Å². The maximum atomic E-state index is 12.5. The quantitative estimate of drug-likeness (QED) is 0.364. The summed E-state index contributed by atoms with van der Waals surface area (Å²) in [5.41, 5.74) is 0.280. The predicted molar refractivity (Wildman–Crippen MR) is 137 cm³/mol. The molecule has 2 aromatic carbocycles. The Kier molecular flexibility index (Phi) is 7.78. The van der Waals surface area contributed by atoms with Crippen LogP contribution >= 0.6 is 22.9 Å². The molecule has 1 atom stereocenters. The molecule has 7 nitrogen and oxygen atoms in total. The van der Waals surface area contributed by atoms with Gasteiger partial charge < -0.3 is 14.8 Å². The third-order valence-electron chi connectivity index (χ3n) is 5.22. The molecule has 0 aliphatic heterocycles. The molecule has 35 heavy (non-hydrogen) atoms. The monoisotopic (exact) mass is 532 g/mol. The summed E-state index contributed by atoms with van der Waals surface area (Å²) >= 11 is 7.67. The lowest BCUT2D eigenvalue weighted by atomic mass is 10.2. The van der Waals surface area contributed by atoms with Gasteiger partial charge in [-0.05, 0) is 62.1 Å². The molecule has 3 aromatic rings. The van der Waals surface area contributed by atoms with Crippen LogP contribution in [0, 0.1) is 5.92 Å². The van der Waals surface area contributed by atoms with Gasteiger partial charge in [0, 0.05) is 30.1 Å². The molecule has 1 aromatic heterocycles. The maximum absolute atomic E-state index is 12.5. The Morgan fingerprint density at radius 3 is 2.80 bits per heavy atom. The van der Waals surface area contributed by atoms with Crippen molar-refractivity contribution in [2.75, 3.05) is 12.9 Å². The standard InChI is InChI=1S/C25H25ClN2O5S2/c1-16(28-24(29)18-4-3-5-21(12-18)35(2,30)31)6-10-20-14-27-25(34-20)33-23-11-9-19(13-22(23)26)32-15-17-7-8-17/h3-6,9-14,16-17H,7-8,15H2,1-2H3,(H,28,29)/t16-/m0/s1. The maximum Gasteiger partial charge on any atom is 0.279 e. The zero-order chi connectivity index (χ0) is 25.0. The Hall–Kier alpha value is -2.88. The number of hydrogen-bond donors (Lipinski definition) is 1. The summed E-state index contributed by atoms with van der Waals surface area (Å²) in [6, 6.07) is 11.0. The normalized spacial score (nSPS) is 14.6. The fraction of sp³-hybridized carbons (Fsp3) is 0.280. The van der Waals surface area contributed by atoms with E-state index >= 15 is 0 Å². The van der Waals surface area contributed by atoms with E-state index in [2.05, 4.69) is 10.3 Å². The molecule has 184 valence electrons. The number of benzene rings is 2. The fourth-order valence-electron chi connectivity index (χ4n) is 3.09. The molecule has 0 saturated heterocycles. The molecule has 1 fully saturated rings. The Labute approximate surface area is 213 Å². The second kappa shape index (κ2) is 10.8. The molecule has 0 spiro atoms. The van der Waals surface area contributed by atoms with Crippen LogP contribution in [-0.2, 0) is 9.84 Å². The largest absolute Gasteiger partial charge is 0.493 e. The molecule has 10 heteroatoms. The minimum atomic E-state index is -3.39. The van der Waals surface area contributed by atoms with Crippen molar-refractivity contribution in [3.8, 4) is 16.7 Å². The van der Waals surface area contributed by atoms with Crippen LogP contribution in [0.4, 0.5) is 0 Å². The van der Waals surface area contributed by atoms with Gasteiger partial charge in [0.25, 0.3) is 11.1 Å². The van der Waals surface area contributed by atoms with Crippen LogP contribution < -0.4 is 14.8 Å². The fourth-order valence-corrected chi connectivity index (χ4v) is 4.65. The highest BCUT2D eigenvalue weighted by molar-refractivity contribution is 7.90. The summed E-state index contributed by atoms with van der Waals surface area (Å²) in [4.78, 5) is 17.7. The summed E-state index contributed by atoms with van der Waals surface area (Å²) < 4.78 is 35.0. The highest BCUT2D eigenvalue weighted by Gasteiger charge is 2.22. The molecule has 0 bridgehead atoms. The first-order valence-corrected chi connectivity index (χ1v) is 14.1. The second-order valence-electron chi connectivity index (χ2n) is 8.40. The molecule has 1 amide bonds. The van der Waals surface area contributed by atoms with E-state index in [0.717, 1.165) is 16.9 Å². The van der Waals surface area contributed by atoms with Crippen molar-refractivity contribution >= 4 is 44.8 Å². The Morgan fingerprint density at radius 1 is 1.29 bits per heavy atom. The van der Waals surface area contributed by atoms with E-state index < -0.39 is 9.84 Å². The van der Waals surface area contributed by atoms with Gasteiger partial charge in [0.2, 0.25) is 0 Å². The number of aromatic nitrogens is 1. The van der Waals surface area contributed by atoms with Crippen LogP contribution in [0.5, 0.6) is 16.7 Å². The highest BCUT2D eigenvalue weighted by Crippen LogP contribution is 2.35. The Balaban J connectivity index is 1.32. The number of amides is 1. The van der Waals surface area contributed by atoms with E-state index in [1.165, 1.54) is 36.3 Å². The summed E-state index contributed by atoms with van der Waals surface area (Å²) in [6.07, 6.45) is 8.87. The number of carbonyl (C=O) groups is 1. The number of thiazole rings is 1. The molecule has 1 aliphatic rings. The van der Waals surface area contributed by atoms with Gasteiger partial charge in [-0.25, -0.2) is 13.4 Å². The first-order valence-electron chi connectivity index (χ1n) is 11.0. The van der Waals surface area contributed by atoms with Gasteiger partial charge in [-0.2, -0.15) is 0 Å². The molecule has 4 rings (SSSR count). The topological polar surface area (TPSA) is 94.6 Å². The average Bonchev–Trinajstić information content (AvgIpc) is 3.54. The van der Waals surface area contributed by atoms with E-state index in [1.807, 2.05) is 25.1 Å². The van der Waals surface area contributed by atoms with Crippen molar-refractivity contribution in [2.45, 2.75) is 30.7 Å².